The Hall–Kier alpha value is -1.63. The van der Waals surface area contributed by atoms with Crippen LogP contribution in [0.1, 0.15) is 17.9 Å². The normalized spacial score (nSPS) is 25.9. The van der Waals surface area contributed by atoms with Gasteiger partial charge in [-0.05, 0) is 31.0 Å². The molecule has 136 valence electrons. The number of nitrogens with zero attached hydrogens (tertiary/aromatic N) is 2. The quantitative estimate of drug-likeness (QED) is 0.829. The van der Waals surface area contributed by atoms with Gasteiger partial charge in [0, 0.05) is 30.6 Å². The van der Waals surface area contributed by atoms with Crippen LogP contribution in [0.25, 0.3) is 0 Å². The summed E-state index contributed by atoms with van der Waals surface area (Å²) in [6.07, 6.45) is 0.684. The number of amides is 1. The Kier molecular flexibility index (Phi) is 5.61. The molecular weight excluding hydrogens is 344 g/mol. The number of carboxylic acid groups (broad SMARTS) is 1. The van der Waals surface area contributed by atoms with Gasteiger partial charge in [0.1, 0.15) is 0 Å². The standard InChI is InChI=1S/C18H23ClN2O4/c1-20(11-17(22)23)9-12-10-21(6-7-25-12)18(24)15-8-14(15)13-4-2-3-5-16(13)19/h2-5,12,14-15H,6-11H2,1H3,(H,22,23)/t12-,14-,15+/m1/s1. The summed E-state index contributed by atoms with van der Waals surface area (Å²) < 4.78 is 5.69. The molecule has 1 heterocycles. The number of hydrogen-bond donors (Lipinski definition) is 1. The van der Waals surface area contributed by atoms with Crippen LogP contribution in [0.15, 0.2) is 24.3 Å². The Labute approximate surface area is 152 Å². The number of carboxylic acids is 1. The third-order valence-corrected chi connectivity index (χ3v) is 5.13. The molecule has 3 atom stereocenters. The van der Waals surface area contributed by atoms with E-state index < -0.39 is 5.97 Å². The number of carbonyl (C=O) groups is 2. The van der Waals surface area contributed by atoms with Crippen molar-refractivity contribution >= 4 is 23.5 Å². The predicted molar refractivity (Wildman–Crippen MR) is 93.8 cm³/mol. The highest BCUT2D eigenvalue weighted by Gasteiger charge is 2.47. The Balaban J connectivity index is 1.54. The molecule has 1 amide bonds. The second-order valence-corrected chi connectivity index (χ2v) is 7.24. The van der Waals surface area contributed by atoms with Crippen LogP contribution < -0.4 is 0 Å². The first-order chi connectivity index (χ1) is 12.0. The molecule has 1 saturated heterocycles. The lowest BCUT2D eigenvalue weighted by atomic mass is 10.1. The third kappa shape index (κ3) is 4.51. The first-order valence-corrected chi connectivity index (χ1v) is 8.88. The lowest BCUT2D eigenvalue weighted by Gasteiger charge is -2.34. The highest BCUT2D eigenvalue weighted by atomic mass is 35.5. The van der Waals surface area contributed by atoms with E-state index in [2.05, 4.69) is 0 Å². The molecular formula is C18H23ClN2O4. The van der Waals surface area contributed by atoms with Crippen molar-refractivity contribution in [3.8, 4) is 0 Å². The molecule has 1 aromatic rings. The number of hydrogen-bond acceptors (Lipinski definition) is 4. The van der Waals surface area contributed by atoms with Crippen LogP contribution in [-0.4, -0.2) is 72.7 Å². The zero-order chi connectivity index (χ0) is 18.0. The molecule has 2 fully saturated rings. The van der Waals surface area contributed by atoms with Gasteiger partial charge in [-0.15, -0.1) is 0 Å². The van der Waals surface area contributed by atoms with Crippen LogP contribution in [0.2, 0.25) is 5.02 Å². The smallest absolute Gasteiger partial charge is 0.317 e. The third-order valence-electron chi connectivity index (χ3n) is 4.78. The van der Waals surface area contributed by atoms with Gasteiger partial charge in [0.05, 0.1) is 19.3 Å². The highest BCUT2D eigenvalue weighted by molar-refractivity contribution is 6.31. The number of ether oxygens (including phenoxy) is 1. The maximum absolute atomic E-state index is 12.8. The van der Waals surface area contributed by atoms with E-state index in [1.54, 1.807) is 11.9 Å². The molecule has 2 aliphatic rings. The Morgan fingerprint density at radius 3 is 2.88 bits per heavy atom. The van der Waals surface area contributed by atoms with Crippen LogP contribution >= 0.6 is 11.6 Å². The summed E-state index contributed by atoms with van der Waals surface area (Å²) in [7, 11) is 1.74. The lowest BCUT2D eigenvalue weighted by molar-refractivity contribution is -0.143. The maximum atomic E-state index is 12.8. The van der Waals surface area contributed by atoms with Crippen molar-refractivity contribution in [2.45, 2.75) is 18.4 Å². The summed E-state index contributed by atoms with van der Waals surface area (Å²) in [5.41, 5.74) is 1.05. The predicted octanol–water partition coefficient (Wildman–Crippen LogP) is 1.69. The number of halogens is 1. The SMILES string of the molecule is CN(CC(=O)O)C[C@@H]1CN(C(=O)[C@H]2C[C@@H]2c2ccccc2Cl)CCO1. The minimum Gasteiger partial charge on any atom is -0.480 e. The van der Waals surface area contributed by atoms with Gasteiger partial charge in [0.2, 0.25) is 5.91 Å². The van der Waals surface area contributed by atoms with Crippen LogP contribution in [0.4, 0.5) is 0 Å². The monoisotopic (exact) mass is 366 g/mol. The summed E-state index contributed by atoms with van der Waals surface area (Å²) in [6, 6.07) is 7.69. The van der Waals surface area contributed by atoms with E-state index in [4.69, 9.17) is 21.4 Å². The summed E-state index contributed by atoms with van der Waals surface area (Å²) in [5.74, 6) is -0.515. The first kappa shape index (κ1) is 18.2. The van der Waals surface area contributed by atoms with E-state index in [9.17, 15) is 9.59 Å². The number of aliphatic carboxylic acids is 1. The average molecular weight is 367 g/mol. The van der Waals surface area contributed by atoms with Crippen molar-refractivity contribution < 1.29 is 19.4 Å². The van der Waals surface area contributed by atoms with Gasteiger partial charge >= 0.3 is 5.97 Å². The summed E-state index contributed by atoms with van der Waals surface area (Å²) in [5, 5.41) is 9.56. The van der Waals surface area contributed by atoms with Crippen molar-refractivity contribution in [1.29, 1.82) is 0 Å². The lowest BCUT2D eigenvalue weighted by Crippen LogP contribution is -2.50. The molecule has 0 aromatic heterocycles. The first-order valence-electron chi connectivity index (χ1n) is 8.51. The molecule has 7 heteroatoms. The molecule has 0 bridgehead atoms. The minimum absolute atomic E-state index is 0.00426. The molecule has 1 aliphatic heterocycles. The van der Waals surface area contributed by atoms with Crippen LogP contribution in [0, 0.1) is 5.92 Å². The summed E-state index contributed by atoms with van der Waals surface area (Å²) >= 11 is 6.24. The largest absolute Gasteiger partial charge is 0.480 e. The van der Waals surface area contributed by atoms with E-state index >= 15 is 0 Å². The number of likely N-dealkylation sites (N-methyl/N-ethyl adjacent to an activating group) is 1. The molecule has 0 spiro atoms. The van der Waals surface area contributed by atoms with Gasteiger partial charge in [-0.3, -0.25) is 14.5 Å². The maximum Gasteiger partial charge on any atom is 0.317 e. The van der Waals surface area contributed by atoms with Crippen molar-refractivity contribution in [2.24, 2.45) is 5.92 Å². The molecule has 0 unspecified atom stereocenters. The van der Waals surface area contributed by atoms with Gasteiger partial charge in [-0.2, -0.15) is 0 Å². The van der Waals surface area contributed by atoms with Gasteiger partial charge in [-0.1, -0.05) is 29.8 Å². The molecule has 1 aromatic carbocycles. The minimum atomic E-state index is -0.869. The number of benzene rings is 1. The van der Waals surface area contributed by atoms with E-state index in [1.807, 2.05) is 29.2 Å². The molecule has 3 rings (SSSR count). The number of rotatable bonds is 6. The van der Waals surface area contributed by atoms with E-state index in [0.29, 0.717) is 26.2 Å². The molecule has 6 nitrogen and oxygen atoms in total. The van der Waals surface area contributed by atoms with Gasteiger partial charge in [-0.25, -0.2) is 0 Å². The summed E-state index contributed by atoms with van der Waals surface area (Å²) in [4.78, 5) is 27.1. The fourth-order valence-corrected chi connectivity index (χ4v) is 3.77. The fraction of sp³-hybridized carbons (Fsp3) is 0.556. The van der Waals surface area contributed by atoms with Gasteiger partial charge in [0.25, 0.3) is 0 Å². The zero-order valence-electron chi connectivity index (χ0n) is 14.2. The van der Waals surface area contributed by atoms with Gasteiger partial charge < -0.3 is 14.7 Å². The van der Waals surface area contributed by atoms with E-state index in [1.165, 1.54) is 0 Å². The van der Waals surface area contributed by atoms with Crippen molar-refractivity contribution in [3.63, 3.8) is 0 Å². The second-order valence-electron chi connectivity index (χ2n) is 6.84. The molecule has 1 N–H and O–H groups in total. The topological polar surface area (TPSA) is 70.1 Å². The molecule has 1 aliphatic carbocycles. The Morgan fingerprint density at radius 1 is 1.40 bits per heavy atom. The highest BCUT2D eigenvalue weighted by Crippen LogP contribution is 2.50. The second kappa shape index (κ2) is 7.72. The van der Waals surface area contributed by atoms with Crippen LogP contribution in [0.3, 0.4) is 0 Å². The van der Waals surface area contributed by atoms with Gasteiger partial charge in [0.15, 0.2) is 0 Å². The van der Waals surface area contributed by atoms with Crippen molar-refractivity contribution in [2.75, 3.05) is 39.8 Å². The molecule has 1 saturated carbocycles. The van der Waals surface area contributed by atoms with Crippen molar-refractivity contribution in [1.82, 2.24) is 9.80 Å². The van der Waals surface area contributed by atoms with Crippen molar-refractivity contribution in [3.05, 3.63) is 34.9 Å². The van der Waals surface area contributed by atoms with E-state index in [0.717, 1.165) is 17.0 Å². The average Bonchev–Trinajstić information content (AvgIpc) is 3.34. The summed E-state index contributed by atoms with van der Waals surface area (Å²) in [6.45, 7) is 2.04. The Morgan fingerprint density at radius 2 is 2.16 bits per heavy atom. The number of carbonyl (C=O) groups excluding carboxylic acids is 1. The molecule has 0 radical (unpaired) electrons. The van der Waals surface area contributed by atoms with E-state index in [-0.39, 0.29) is 30.4 Å². The van der Waals surface area contributed by atoms with Crippen LogP contribution in [-0.2, 0) is 14.3 Å². The zero-order valence-corrected chi connectivity index (χ0v) is 15.0. The number of morpholine rings is 1. The fourth-order valence-electron chi connectivity index (χ4n) is 3.50. The van der Waals surface area contributed by atoms with Crippen LogP contribution in [0.5, 0.6) is 0 Å². The Bertz CT molecular complexity index is 654. The molecule has 25 heavy (non-hydrogen) atoms.